The molecule has 0 amide bonds. The first-order valence-corrected chi connectivity index (χ1v) is 9.21. The van der Waals surface area contributed by atoms with E-state index in [4.69, 9.17) is 4.74 Å². The largest absolute Gasteiger partial charge is 0.508 e. The highest BCUT2D eigenvalue weighted by Crippen LogP contribution is 2.32. The molecule has 0 saturated heterocycles. The summed E-state index contributed by atoms with van der Waals surface area (Å²) in [5.74, 6) is 0.654. The average Bonchev–Trinajstić information content (AvgIpc) is 2.59. The van der Waals surface area contributed by atoms with E-state index in [0.717, 1.165) is 5.56 Å². The fourth-order valence-electron chi connectivity index (χ4n) is 2.30. The van der Waals surface area contributed by atoms with E-state index in [1.807, 2.05) is 13.0 Å². The summed E-state index contributed by atoms with van der Waals surface area (Å²) in [6.45, 7) is 1.86. The molecule has 0 bridgehead atoms. The molecular formula is C19H17NO5S. The van der Waals surface area contributed by atoms with Crippen LogP contribution in [0.2, 0.25) is 0 Å². The molecule has 3 N–H and O–H groups in total. The summed E-state index contributed by atoms with van der Waals surface area (Å²) in [6.07, 6.45) is 0. The van der Waals surface area contributed by atoms with Crippen LogP contribution >= 0.6 is 0 Å². The van der Waals surface area contributed by atoms with Crippen molar-refractivity contribution in [1.82, 2.24) is 0 Å². The maximum absolute atomic E-state index is 12.3. The number of benzene rings is 3. The van der Waals surface area contributed by atoms with E-state index in [-0.39, 0.29) is 16.4 Å². The fourth-order valence-corrected chi connectivity index (χ4v) is 3.39. The van der Waals surface area contributed by atoms with E-state index >= 15 is 0 Å². The van der Waals surface area contributed by atoms with Crippen molar-refractivity contribution >= 4 is 15.7 Å². The summed E-state index contributed by atoms with van der Waals surface area (Å²) in [5, 5.41) is 19.3. The van der Waals surface area contributed by atoms with Crippen LogP contribution in [0, 0.1) is 6.92 Å². The number of nitrogens with one attached hydrogen (secondary N) is 1. The van der Waals surface area contributed by atoms with Crippen molar-refractivity contribution in [3.63, 3.8) is 0 Å². The first kappa shape index (κ1) is 17.6. The van der Waals surface area contributed by atoms with Crippen molar-refractivity contribution in [2.24, 2.45) is 0 Å². The second-order valence-electron chi connectivity index (χ2n) is 5.70. The minimum atomic E-state index is -3.81. The Bertz CT molecular complexity index is 1030. The quantitative estimate of drug-likeness (QED) is 0.630. The number of aromatic hydroxyl groups is 2. The monoisotopic (exact) mass is 371 g/mol. The van der Waals surface area contributed by atoms with Gasteiger partial charge < -0.3 is 14.9 Å². The highest BCUT2D eigenvalue weighted by molar-refractivity contribution is 7.92. The predicted octanol–water partition coefficient (Wildman–Crippen LogP) is 4.00. The van der Waals surface area contributed by atoms with E-state index in [0.29, 0.717) is 17.2 Å². The molecule has 134 valence electrons. The molecule has 0 unspecified atom stereocenters. The van der Waals surface area contributed by atoms with Crippen LogP contribution in [0.4, 0.5) is 5.69 Å². The Hall–Kier alpha value is -3.19. The van der Waals surface area contributed by atoms with Crippen molar-refractivity contribution in [1.29, 1.82) is 0 Å². The maximum Gasteiger partial charge on any atom is 0.262 e. The van der Waals surface area contributed by atoms with Crippen LogP contribution in [-0.2, 0) is 10.0 Å². The summed E-state index contributed by atoms with van der Waals surface area (Å²) in [7, 11) is -3.81. The van der Waals surface area contributed by atoms with Gasteiger partial charge in [-0.2, -0.15) is 0 Å². The number of sulfonamides is 1. The maximum atomic E-state index is 12.3. The smallest absolute Gasteiger partial charge is 0.262 e. The van der Waals surface area contributed by atoms with E-state index in [1.165, 1.54) is 24.3 Å². The highest BCUT2D eigenvalue weighted by Gasteiger charge is 2.14. The van der Waals surface area contributed by atoms with Crippen LogP contribution in [0.25, 0.3) is 0 Å². The van der Waals surface area contributed by atoms with Gasteiger partial charge in [-0.25, -0.2) is 8.42 Å². The third-order valence-corrected chi connectivity index (χ3v) is 4.96. The van der Waals surface area contributed by atoms with E-state index < -0.39 is 10.0 Å². The number of aryl methyl sites for hydroxylation is 1. The van der Waals surface area contributed by atoms with Crippen LogP contribution in [0.5, 0.6) is 23.0 Å². The number of anilines is 1. The highest BCUT2D eigenvalue weighted by atomic mass is 32.2. The lowest BCUT2D eigenvalue weighted by Crippen LogP contribution is -2.12. The van der Waals surface area contributed by atoms with Crippen molar-refractivity contribution in [3.05, 3.63) is 72.3 Å². The van der Waals surface area contributed by atoms with Gasteiger partial charge >= 0.3 is 0 Å². The Morgan fingerprint density at radius 2 is 1.65 bits per heavy atom. The number of hydrogen-bond donors (Lipinski definition) is 3. The molecule has 0 aromatic heterocycles. The van der Waals surface area contributed by atoms with Gasteiger partial charge in [-0.05, 0) is 61.0 Å². The van der Waals surface area contributed by atoms with Gasteiger partial charge in [-0.15, -0.1) is 0 Å². The van der Waals surface area contributed by atoms with Gasteiger partial charge in [-0.3, -0.25) is 4.72 Å². The Labute approximate surface area is 151 Å². The molecule has 0 spiro atoms. The lowest BCUT2D eigenvalue weighted by Gasteiger charge is -2.11. The molecule has 0 aliphatic heterocycles. The van der Waals surface area contributed by atoms with Gasteiger partial charge in [0, 0.05) is 11.8 Å². The van der Waals surface area contributed by atoms with Crippen LogP contribution in [-0.4, -0.2) is 18.6 Å². The first-order chi connectivity index (χ1) is 12.3. The molecule has 3 aromatic rings. The Morgan fingerprint density at radius 1 is 0.923 bits per heavy atom. The molecule has 6 nitrogen and oxygen atoms in total. The third-order valence-electron chi connectivity index (χ3n) is 3.58. The van der Waals surface area contributed by atoms with Gasteiger partial charge in [0.25, 0.3) is 10.0 Å². The topological polar surface area (TPSA) is 95.9 Å². The van der Waals surface area contributed by atoms with Crippen molar-refractivity contribution in [2.45, 2.75) is 11.8 Å². The predicted molar refractivity (Wildman–Crippen MR) is 98.3 cm³/mol. The first-order valence-electron chi connectivity index (χ1n) is 7.73. The fraction of sp³-hybridized carbons (Fsp3) is 0.0526. The number of phenolic OH excluding ortho intramolecular Hbond substituents is 2. The minimum absolute atomic E-state index is 0.0265. The molecule has 7 heteroatoms. The van der Waals surface area contributed by atoms with Gasteiger partial charge in [0.1, 0.15) is 11.5 Å². The molecular weight excluding hydrogens is 354 g/mol. The van der Waals surface area contributed by atoms with Crippen molar-refractivity contribution < 1.29 is 23.4 Å². The van der Waals surface area contributed by atoms with Gasteiger partial charge in [0.2, 0.25) is 0 Å². The molecule has 3 rings (SSSR count). The summed E-state index contributed by atoms with van der Waals surface area (Å²) in [6, 6.07) is 16.7. The molecule has 0 radical (unpaired) electrons. The van der Waals surface area contributed by atoms with Crippen LogP contribution in [0.1, 0.15) is 5.56 Å². The molecule has 26 heavy (non-hydrogen) atoms. The second kappa shape index (κ2) is 6.97. The molecule has 0 atom stereocenters. The van der Waals surface area contributed by atoms with E-state index in [9.17, 15) is 18.6 Å². The summed E-state index contributed by atoms with van der Waals surface area (Å²) in [5.41, 5.74) is 1.25. The molecule has 3 aromatic carbocycles. The standard InChI is InChI=1S/C19H17NO5S/c1-13-5-10-19(18(22)11-13)25-16-8-6-14(7-9-16)20-26(23,24)17-4-2-3-15(21)12-17/h2-12,20-22H,1H3. The SMILES string of the molecule is Cc1ccc(Oc2ccc(NS(=O)(=O)c3cccc(O)c3)cc2)c(O)c1. The van der Waals surface area contributed by atoms with Crippen molar-refractivity contribution in [2.75, 3.05) is 4.72 Å². The second-order valence-corrected chi connectivity index (χ2v) is 7.38. The molecule has 0 fully saturated rings. The van der Waals surface area contributed by atoms with Gasteiger partial charge in [0.15, 0.2) is 11.5 Å². The number of ether oxygens (including phenoxy) is 1. The molecule has 0 aliphatic carbocycles. The average molecular weight is 371 g/mol. The molecule has 0 aliphatic rings. The zero-order chi connectivity index (χ0) is 18.7. The lowest BCUT2D eigenvalue weighted by molar-refractivity contribution is 0.411. The molecule has 0 heterocycles. The Morgan fingerprint density at radius 3 is 2.31 bits per heavy atom. The van der Waals surface area contributed by atoms with Crippen molar-refractivity contribution in [3.8, 4) is 23.0 Å². The normalized spacial score (nSPS) is 11.1. The number of phenols is 2. The Balaban J connectivity index is 1.75. The van der Waals surface area contributed by atoms with Crippen LogP contribution < -0.4 is 9.46 Å². The molecule has 0 saturated carbocycles. The van der Waals surface area contributed by atoms with Crippen LogP contribution in [0.15, 0.2) is 71.6 Å². The third kappa shape index (κ3) is 4.07. The lowest BCUT2D eigenvalue weighted by atomic mass is 10.2. The van der Waals surface area contributed by atoms with E-state index in [2.05, 4.69) is 4.72 Å². The summed E-state index contributed by atoms with van der Waals surface area (Å²) >= 11 is 0. The Kier molecular flexibility index (Phi) is 4.73. The zero-order valence-electron chi connectivity index (χ0n) is 13.9. The van der Waals surface area contributed by atoms with Gasteiger partial charge in [-0.1, -0.05) is 12.1 Å². The van der Waals surface area contributed by atoms with Crippen LogP contribution in [0.3, 0.4) is 0 Å². The minimum Gasteiger partial charge on any atom is -0.508 e. The number of rotatable bonds is 5. The van der Waals surface area contributed by atoms with E-state index in [1.54, 1.807) is 36.4 Å². The number of hydrogen-bond acceptors (Lipinski definition) is 5. The summed E-state index contributed by atoms with van der Waals surface area (Å²) in [4.78, 5) is -0.0394. The van der Waals surface area contributed by atoms with Gasteiger partial charge in [0.05, 0.1) is 4.90 Å². The zero-order valence-corrected chi connectivity index (χ0v) is 14.7. The summed E-state index contributed by atoms with van der Waals surface area (Å²) < 4.78 is 32.7.